The predicted molar refractivity (Wildman–Crippen MR) is 116 cm³/mol. The molecule has 2 aliphatic carbocycles. The van der Waals surface area contributed by atoms with Crippen molar-refractivity contribution < 1.29 is 21.6 Å². The Kier molecular flexibility index (Phi) is 4.85. The van der Waals surface area contributed by atoms with Crippen molar-refractivity contribution >= 4 is 20.9 Å². The van der Waals surface area contributed by atoms with E-state index in [2.05, 4.69) is 15.6 Å². The van der Waals surface area contributed by atoms with Gasteiger partial charge in [0.2, 0.25) is 10.0 Å². The van der Waals surface area contributed by atoms with E-state index in [0.717, 1.165) is 41.9 Å². The zero-order chi connectivity index (χ0) is 23.6. The molecule has 2 heterocycles. The van der Waals surface area contributed by atoms with Crippen LogP contribution in [0.15, 0.2) is 41.4 Å². The van der Waals surface area contributed by atoms with Gasteiger partial charge in [-0.2, -0.15) is 23.2 Å². The molecule has 0 atom stereocenters. The van der Waals surface area contributed by atoms with E-state index in [1.165, 1.54) is 12.1 Å². The highest BCUT2D eigenvalue weighted by Crippen LogP contribution is 2.50. The molecule has 6 nitrogen and oxygen atoms in total. The zero-order valence-corrected chi connectivity index (χ0v) is 18.6. The van der Waals surface area contributed by atoms with Crippen molar-refractivity contribution in [1.29, 1.82) is 5.26 Å². The first-order valence-electron chi connectivity index (χ1n) is 10.7. The van der Waals surface area contributed by atoms with Crippen molar-refractivity contribution in [1.82, 2.24) is 14.3 Å². The molecule has 2 fully saturated rings. The quantitative estimate of drug-likeness (QED) is 0.565. The van der Waals surface area contributed by atoms with E-state index in [-0.39, 0.29) is 23.8 Å². The summed E-state index contributed by atoms with van der Waals surface area (Å²) in [6.07, 6.45) is -1.16. The standard InChI is InChI=1S/C23H21F3N4O2S/c1-14-5-8-20-17(11-14)18(12-27)21(30(20)15-3-2-4-15)19-7-6-16(13-28-19)33(31,32)29-22(9-10-22)23(24,25)26/h5-8,11,13,15,29H,2-4,9-10H2,1H3. The molecule has 10 heteroatoms. The summed E-state index contributed by atoms with van der Waals surface area (Å²) in [6.45, 7) is 1.94. The first-order valence-corrected chi connectivity index (χ1v) is 12.2. The molecule has 2 aromatic heterocycles. The number of rotatable bonds is 5. The Morgan fingerprint density at radius 2 is 1.94 bits per heavy atom. The van der Waals surface area contributed by atoms with Gasteiger partial charge in [-0.1, -0.05) is 11.6 Å². The maximum absolute atomic E-state index is 13.2. The molecule has 1 N–H and O–H groups in total. The molecule has 5 rings (SSSR count). The lowest BCUT2D eigenvalue weighted by Crippen LogP contribution is -2.47. The van der Waals surface area contributed by atoms with E-state index in [4.69, 9.17) is 0 Å². The lowest BCUT2D eigenvalue weighted by Gasteiger charge is -2.30. The Morgan fingerprint density at radius 3 is 2.45 bits per heavy atom. The van der Waals surface area contributed by atoms with Gasteiger partial charge in [0.15, 0.2) is 0 Å². The van der Waals surface area contributed by atoms with Crippen LogP contribution in [0.2, 0.25) is 0 Å². The van der Waals surface area contributed by atoms with E-state index < -0.39 is 21.7 Å². The Hall–Kier alpha value is -2.90. The van der Waals surface area contributed by atoms with E-state index in [1.807, 2.05) is 29.8 Å². The van der Waals surface area contributed by atoms with Crippen LogP contribution < -0.4 is 4.72 Å². The number of fused-ring (bicyclic) bond motifs is 1. The van der Waals surface area contributed by atoms with Gasteiger partial charge < -0.3 is 4.57 Å². The number of nitrogens with one attached hydrogen (secondary N) is 1. The van der Waals surface area contributed by atoms with Crippen molar-refractivity contribution in [3.05, 3.63) is 47.7 Å². The topological polar surface area (TPSA) is 87.8 Å². The van der Waals surface area contributed by atoms with Crippen molar-refractivity contribution in [2.45, 2.75) is 61.7 Å². The number of aromatic nitrogens is 2. The summed E-state index contributed by atoms with van der Waals surface area (Å²) in [7, 11) is -4.41. The Balaban J connectivity index is 1.58. The second-order valence-corrected chi connectivity index (χ2v) is 10.6. The maximum Gasteiger partial charge on any atom is 0.407 e. The SMILES string of the molecule is Cc1ccc2c(c1)c(C#N)c(-c1ccc(S(=O)(=O)NC3(C(F)(F)F)CC3)cn1)n2C1CCC1. The van der Waals surface area contributed by atoms with Crippen LogP contribution in [0, 0.1) is 18.3 Å². The minimum atomic E-state index is -4.66. The molecule has 0 radical (unpaired) electrons. The fraction of sp³-hybridized carbons (Fsp3) is 0.391. The van der Waals surface area contributed by atoms with Gasteiger partial charge in [-0.3, -0.25) is 4.98 Å². The molecule has 0 aliphatic heterocycles. The minimum Gasteiger partial charge on any atom is -0.335 e. The third-order valence-corrected chi connectivity index (χ3v) is 8.14. The van der Waals surface area contributed by atoms with Crippen LogP contribution in [0.3, 0.4) is 0 Å². The maximum atomic E-state index is 13.2. The number of alkyl halides is 3. The van der Waals surface area contributed by atoms with Crippen LogP contribution in [0.4, 0.5) is 13.2 Å². The lowest BCUT2D eigenvalue weighted by atomic mass is 9.92. The van der Waals surface area contributed by atoms with E-state index in [0.29, 0.717) is 17.0 Å². The smallest absolute Gasteiger partial charge is 0.335 e. The summed E-state index contributed by atoms with van der Waals surface area (Å²) in [4.78, 5) is 3.94. The van der Waals surface area contributed by atoms with E-state index in [9.17, 15) is 26.9 Å². The van der Waals surface area contributed by atoms with Gasteiger partial charge in [0, 0.05) is 17.6 Å². The number of benzene rings is 1. The molecule has 2 aliphatic rings. The Labute approximate surface area is 189 Å². The molecular formula is C23H21F3N4O2S. The van der Waals surface area contributed by atoms with Crippen molar-refractivity contribution in [3.63, 3.8) is 0 Å². The Morgan fingerprint density at radius 1 is 1.21 bits per heavy atom. The third-order valence-electron chi connectivity index (χ3n) is 6.62. The molecule has 0 amide bonds. The molecule has 172 valence electrons. The molecule has 0 saturated heterocycles. The molecule has 33 heavy (non-hydrogen) atoms. The highest BCUT2D eigenvalue weighted by molar-refractivity contribution is 7.89. The number of hydrogen-bond donors (Lipinski definition) is 1. The van der Waals surface area contributed by atoms with E-state index in [1.54, 1.807) is 0 Å². The highest BCUT2D eigenvalue weighted by Gasteiger charge is 2.65. The van der Waals surface area contributed by atoms with Gasteiger partial charge in [-0.05, 0) is 63.3 Å². The van der Waals surface area contributed by atoms with Gasteiger partial charge in [-0.15, -0.1) is 0 Å². The summed E-state index contributed by atoms with van der Waals surface area (Å²) in [5, 5.41) is 10.8. The van der Waals surface area contributed by atoms with Gasteiger partial charge in [-0.25, -0.2) is 8.42 Å². The van der Waals surface area contributed by atoms with Crippen LogP contribution in [-0.2, 0) is 10.0 Å². The number of aryl methyl sites for hydroxylation is 1. The third kappa shape index (κ3) is 3.50. The number of nitriles is 1. The fourth-order valence-corrected chi connectivity index (χ4v) is 5.77. The zero-order valence-electron chi connectivity index (χ0n) is 17.8. The number of halogens is 3. The average Bonchev–Trinajstić information content (AvgIpc) is 3.43. The average molecular weight is 475 g/mol. The molecule has 2 saturated carbocycles. The highest BCUT2D eigenvalue weighted by atomic mass is 32.2. The van der Waals surface area contributed by atoms with Gasteiger partial charge in [0.25, 0.3) is 0 Å². The lowest BCUT2D eigenvalue weighted by molar-refractivity contribution is -0.160. The second-order valence-electron chi connectivity index (χ2n) is 8.88. The van der Waals surface area contributed by atoms with Crippen LogP contribution >= 0.6 is 0 Å². The number of sulfonamides is 1. The van der Waals surface area contributed by atoms with Gasteiger partial charge in [0.1, 0.15) is 16.5 Å². The number of nitrogens with zero attached hydrogens (tertiary/aromatic N) is 3. The van der Waals surface area contributed by atoms with Crippen molar-refractivity contribution in [3.8, 4) is 17.5 Å². The van der Waals surface area contributed by atoms with Crippen LogP contribution in [0.25, 0.3) is 22.3 Å². The van der Waals surface area contributed by atoms with Gasteiger partial charge >= 0.3 is 6.18 Å². The van der Waals surface area contributed by atoms with Crippen molar-refractivity contribution in [2.75, 3.05) is 0 Å². The largest absolute Gasteiger partial charge is 0.407 e. The summed E-state index contributed by atoms with van der Waals surface area (Å²) < 4.78 is 68.8. The monoisotopic (exact) mass is 474 g/mol. The summed E-state index contributed by atoms with van der Waals surface area (Å²) in [5.41, 5.74) is 0.994. The van der Waals surface area contributed by atoms with Gasteiger partial charge in [0.05, 0.1) is 22.5 Å². The normalized spacial score (nSPS) is 18.2. The van der Waals surface area contributed by atoms with Crippen LogP contribution in [-0.4, -0.2) is 29.7 Å². The summed E-state index contributed by atoms with van der Waals surface area (Å²) in [5.74, 6) is 0. The number of hydrogen-bond acceptors (Lipinski definition) is 4. The van der Waals surface area contributed by atoms with E-state index >= 15 is 0 Å². The molecule has 3 aromatic rings. The first-order chi connectivity index (χ1) is 15.6. The first kappa shape index (κ1) is 21.9. The summed E-state index contributed by atoms with van der Waals surface area (Å²) in [6, 6.07) is 11.1. The molecule has 0 bridgehead atoms. The molecule has 0 spiro atoms. The predicted octanol–water partition coefficient (Wildman–Crippen LogP) is 4.98. The fourth-order valence-electron chi connectivity index (χ4n) is 4.38. The molecular weight excluding hydrogens is 453 g/mol. The second kappa shape index (κ2) is 7.30. The summed E-state index contributed by atoms with van der Waals surface area (Å²) >= 11 is 0. The molecule has 1 aromatic carbocycles. The number of pyridine rings is 1. The minimum absolute atomic E-state index is 0.209. The van der Waals surface area contributed by atoms with Crippen LogP contribution in [0.5, 0.6) is 0 Å². The van der Waals surface area contributed by atoms with Crippen molar-refractivity contribution in [2.24, 2.45) is 0 Å². The Bertz CT molecular complexity index is 1390. The molecule has 0 unspecified atom stereocenters. The van der Waals surface area contributed by atoms with Crippen LogP contribution in [0.1, 0.15) is 49.3 Å².